The average molecular weight is 290 g/mol. The van der Waals surface area contributed by atoms with E-state index in [2.05, 4.69) is 20.8 Å². The van der Waals surface area contributed by atoms with Gasteiger partial charge in [-0.05, 0) is 53.7 Å². The number of hydrogen-bond donors (Lipinski definition) is 2. The van der Waals surface area contributed by atoms with Crippen LogP contribution in [0.1, 0.15) is 69.1 Å². The zero-order valence-corrected chi connectivity index (χ0v) is 13.4. The van der Waals surface area contributed by atoms with Gasteiger partial charge in [-0.1, -0.05) is 39.8 Å². The normalized spacial score (nSPS) is 17.8. The maximum atomic E-state index is 11.1. The van der Waals surface area contributed by atoms with Crippen LogP contribution in [0.4, 0.5) is 0 Å². The van der Waals surface area contributed by atoms with Crippen molar-refractivity contribution >= 4 is 5.97 Å². The number of aliphatic carboxylic acids is 1. The van der Waals surface area contributed by atoms with Crippen molar-refractivity contribution in [2.24, 2.45) is 11.8 Å². The van der Waals surface area contributed by atoms with Crippen LogP contribution in [0, 0.1) is 11.8 Å². The molecule has 0 saturated heterocycles. The van der Waals surface area contributed by atoms with E-state index in [0.29, 0.717) is 24.0 Å². The van der Waals surface area contributed by atoms with Gasteiger partial charge < -0.3 is 10.2 Å². The van der Waals surface area contributed by atoms with Crippen LogP contribution < -0.4 is 0 Å². The second kappa shape index (κ2) is 6.08. The van der Waals surface area contributed by atoms with Gasteiger partial charge in [-0.25, -0.2) is 0 Å². The highest BCUT2D eigenvalue weighted by Crippen LogP contribution is 2.46. The van der Waals surface area contributed by atoms with Crippen LogP contribution in [-0.4, -0.2) is 16.2 Å². The molecule has 0 aliphatic heterocycles. The summed E-state index contributed by atoms with van der Waals surface area (Å²) in [4.78, 5) is 11.1. The fraction of sp³-hybridized carbons (Fsp3) is 0.611. The predicted molar refractivity (Wildman–Crippen MR) is 83.8 cm³/mol. The minimum Gasteiger partial charge on any atom is -0.507 e. The van der Waals surface area contributed by atoms with Gasteiger partial charge in [-0.3, -0.25) is 4.79 Å². The number of phenolic OH excluding ortho intramolecular Hbond substituents is 1. The quantitative estimate of drug-likeness (QED) is 0.821. The first kappa shape index (κ1) is 15.9. The molecule has 1 saturated carbocycles. The minimum absolute atomic E-state index is 0.232. The molecule has 1 fully saturated rings. The first-order chi connectivity index (χ1) is 9.81. The van der Waals surface area contributed by atoms with Crippen LogP contribution in [0.5, 0.6) is 5.75 Å². The molecule has 0 radical (unpaired) electrons. The lowest BCUT2D eigenvalue weighted by Gasteiger charge is -2.20. The average Bonchev–Trinajstić information content (AvgIpc) is 3.23. The van der Waals surface area contributed by atoms with Gasteiger partial charge in [0, 0.05) is 0 Å². The molecule has 0 spiro atoms. The van der Waals surface area contributed by atoms with Gasteiger partial charge >= 0.3 is 5.97 Å². The highest BCUT2D eigenvalue weighted by atomic mass is 16.4. The molecular weight excluding hydrogens is 264 g/mol. The van der Waals surface area contributed by atoms with Crippen LogP contribution >= 0.6 is 0 Å². The Morgan fingerprint density at radius 3 is 2.24 bits per heavy atom. The Labute approximate surface area is 127 Å². The summed E-state index contributed by atoms with van der Waals surface area (Å²) in [5, 5.41) is 19.7. The second-order valence-corrected chi connectivity index (χ2v) is 6.85. The number of carbonyl (C=O) groups is 1. The third-order valence-corrected chi connectivity index (χ3v) is 4.63. The van der Waals surface area contributed by atoms with Gasteiger partial charge in [0.15, 0.2) is 0 Å². The molecule has 2 rings (SSSR count). The minimum atomic E-state index is -0.772. The van der Waals surface area contributed by atoms with Crippen LogP contribution in [-0.2, 0) is 11.2 Å². The van der Waals surface area contributed by atoms with Crippen molar-refractivity contribution < 1.29 is 15.0 Å². The highest BCUT2D eigenvalue weighted by Gasteiger charge is 2.31. The third-order valence-electron chi connectivity index (χ3n) is 4.63. The number of aromatic hydroxyl groups is 1. The van der Waals surface area contributed by atoms with Crippen LogP contribution in [0.15, 0.2) is 12.1 Å². The topological polar surface area (TPSA) is 57.5 Å². The van der Waals surface area contributed by atoms with E-state index in [9.17, 15) is 9.90 Å². The molecule has 1 aromatic rings. The number of benzene rings is 1. The van der Waals surface area contributed by atoms with E-state index in [1.807, 2.05) is 12.1 Å². The molecule has 2 atom stereocenters. The molecule has 1 aromatic carbocycles. The van der Waals surface area contributed by atoms with Crippen molar-refractivity contribution in [1.29, 1.82) is 0 Å². The largest absolute Gasteiger partial charge is 0.507 e. The van der Waals surface area contributed by atoms with E-state index in [0.717, 1.165) is 16.7 Å². The number of rotatable bonds is 6. The van der Waals surface area contributed by atoms with Crippen LogP contribution in [0.3, 0.4) is 0 Å². The lowest BCUT2D eigenvalue weighted by molar-refractivity contribution is -0.141. The van der Waals surface area contributed by atoms with Crippen molar-refractivity contribution in [3.63, 3.8) is 0 Å². The van der Waals surface area contributed by atoms with Gasteiger partial charge in [0.2, 0.25) is 0 Å². The Bertz CT molecular complexity index is 530. The predicted octanol–water partition coefficient (Wildman–Crippen LogP) is 4.29. The molecule has 0 heterocycles. The summed E-state index contributed by atoms with van der Waals surface area (Å²) in [5.74, 6) is 0.488. The fourth-order valence-electron chi connectivity index (χ4n) is 2.94. The Balaban J connectivity index is 2.38. The summed E-state index contributed by atoms with van der Waals surface area (Å²) in [6.45, 7) is 8.02. The molecule has 1 unspecified atom stereocenters. The highest BCUT2D eigenvalue weighted by molar-refractivity contribution is 5.70. The number of carboxylic acids is 1. The molecule has 1 aliphatic rings. The smallest absolute Gasteiger partial charge is 0.306 e. The zero-order valence-electron chi connectivity index (χ0n) is 13.4. The van der Waals surface area contributed by atoms with E-state index < -0.39 is 11.9 Å². The Morgan fingerprint density at radius 1 is 1.19 bits per heavy atom. The molecule has 0 amide bonds. The Hall–Kier alpha value is -1.51. The molecule has 1 aliphatic carbocycles. The molecule has 3 heteroatoms. The summed E-state index contributed by atoms with van der Waals surface area (Å²) in [6.07, 6.45) is 2.97. The molecule has 3 nitrogen and oxygen atoms in total. The number of carboxylic acid groups (broad SMARTS) is 1. The number of hydrogen-bond acceptors (Lipinski definition) is 2. The van der Waals surface area contributed by atoms with E-state index in [1.165, 1.54) is 12.8 Å². The maximum absolute atomic E-state index is 11.1. The zero-order chi connectivity index (χ0) is 15.7. The standard InChI is InChI=1S/C18H26O3/c1-10(2)15-8-13(7-11(3)18(20)21)9-16(17(15)19)12(4)14-5-6-14/h8-12,14,19H,5-7H2,1-4H3,(H,20,21)/t11?,12-/m1/s1. The van der Waals surface area contributed by atoms with Gasteiger partial charge in [0.05, 0.1) is 5.92 Å². The first-order valence-electron chi connectivity index (χ1n) is 7.89. The first-order valence-corrected chi connectivity index (χ1v) is 7.89. The maximum Gasteiger partial charge on any atom is 0.306 e. The molecular formula is C18H26O3. The SMILES string of the molecule is CC(Cc1cc(C(C)C)c(O)c([C@H](C)C2CC2)c1)C(=O)O. The lowest BCUT2D eigenvalue weighted by atomic mass is 9.86. The summed E-state index contributed by atoms with van der Waals surface area (Å²) in [5.41, 5.74) is 2.96. The van der Waals surface area contributed by atoms with Crippen LogP contribution in [0.25, 0.3) is 0 Å². The van der Waals surface area contributed by atoms with Crippen molar-refractivity contribution in [2.75, 3.05) is 0 Å². The van der Waals surface area contributed by atoms with E-state index in [-0.39, 0.29) is 5.92 Å². The van der Waals surface area contributed by atoms with E-state index in [4.69, 9.17) is 5.11 Å². The molecule has 0 aromatic heterocycles. The summed E-state index contributed by atoms with van der Waals surface area (Å²) < 4.78 is 0. The molecule has 0 bridgehead atoms. The van der Waals surface area contributed by atoms with E-state index in [1.54, 1.807) is 6.92 Å². The van der Waals surface area contributed by atoms with Crippen molar-refractivity contribution in [2.45, 2.75) is 58.8 Å². The molecule has 2 N–H and O–H groups in total. The van der Waals surface area contributed by atoms with Gasteiger partial charge in [0.1, 0.15) is 5.75 Å². The number of phenols is 1. The summed E-state index contributed by atoms with van der Waals surface area (Å²) >= 11 is 0. The molecule has 21 heavy (non-hydrogen) atoms. The Kier molecular flexibility index (Phi) is 4.60. The summed E-state index contributed by atoms with van der Waals surface area (Å²) in [7, 11) is 0. The van der Waals surface area contributed by atoms with Crippen molar-refractivity contribution in [1.82, 2.24) is 0 Å². The third kappa shape index (κ3) is 3.58. The fourth-order valence-corrected chi connectivity index (χ4v) is 2.94. The summed E-state index contributed by atoms with van der Waals surface area (Å²) in [6, 6.07) is 3.99. The monoisotopic (exact) mass is 290 g/mol. The lowest BCUT2D eigenvalue weighted by Crippen LogP contribution is -2.13. The van der Waals surface area contributed by atoms with Gasteiger partial charge in [-0.15, -0.1) is 0 Å². The van der Waals surface area contributed by atoms with Gasteiger partial charge in [0.25, 0.3) is 0 Å². The molecule has 116 valence electrons. The van der Waals surface area contributed by atoms with Crippen LogP contribution in [0.2, 0.25) is 0 Å². The van der Waals surface area contributed by atoms with Gasteiger partial charge in [-0.2, -0.15) is 0 Å². The van der Waals surface area contributed by atoms with Crippen molar-refractivity contribution in [3.05, 3.63) is 28.8 Å². The van der Waals surface area contributed by atoms with E-state index >= 15 is 0 Å². The second-order valence-electron chi connectivity index (χ2n) is 6.85. The Morgan fingerprint density at radius 2 is 1.76 bits per heavy atom. The van der Waals surface area contributed by atoms with Crippen molar-refractivity contribution in [3.8, 4) is 5.75 Å².